The Bertz CT molecular complexity index is 590. The monoisotopic (exact) mass is 228 g/mol. The zero-order valence-electron chi connectivity index (χ0n) is 9.14. The molecule has 0 bridgehead atoms. The third-order valence-electron chi connectivity index (χ3n) is 2.39. The second kappa shape index (κ2) is 4.62. The van der Waals surface area contributed by atoms with E-state index >= 15 is 0 Å². The number of halogens is 1. The first-order valence-electron chi connectivity index (χ1n) is 4.94. The molecule has 0 aliphatic carbocycles. The molecule has 0 N–H and O–H groups in total. The molecule has 0 atom stereocenters. The highest BCUT2D eigenvalue weighted by Crippen LogP contribution is 2.31. The highest BCUT2D eigenvalue weighted by atomic mass is 19.1. The average Bonchev–Trinajstić information content (AvgIpc) is 2.38. The second-order valence-corrected chi connectivity index (χ2v) is 3.38. The minimum absolute atomic E-state index is 0.260. The third kappa shape index (κ3) is 2.08. The van der Waals surface area contributed by atoms with Gasteiger partial charge in [-0.05, 0) is 24.3 Å². The fourth-order valence-electron chi connectivity index (χ4n) is 1.61. The molecule has 4 heteroatoms. The van der Waals surface area contributed by atoms with Crippen molar-refractivity contribution in [3.05, 3.63) is 48.0 Å². The SMILES string of the molecule is COc1ccncc1-c1ccc(F)cc1C#N. The van der Waals surface area contributed by atoms with E-state index in [-0.39, 0.29) is 5.56 Å². The van der Waals surface area contributed by atoms with E-state index < -0.39 is 5.82 Å². The summed E-state index contributed by atoms with van der Waals surface area (Å²) in [6.07, 6.45) is 3.19. The smallest absolute Gasteiger partial charge is 0.129 e. The number of nitriles is 1. The molecule has 0 saturated heterocycles. The lowest BCUT2D eigenvalue weighted by atomic mass is 10.0. The van der Waals surface area contributed by atoms with Crippen molar-refractivity contribution in [3.8, 4) is 22.9 Å². The summed E-state index contributed by atoms with van der Waals surface area (Å²) in [6.45, 7) is 0. The van der Waals surface area contributed by atoms with E-state index in [0.29, 0.717) is 16.9 Å². The summed E-state index contributed by atoms with van der Waals surface area (Å²) >= 11 is 0. The first kappa shape index (κ1) is 11.1. The quantitative estimate of drug-likeness (QED) is 0.793. The van der Waals surface area contributed by atoms with Crippen LogP contribution in [-0.4, -0.2) is 12.1 Å². The van der Waals surface area contributed by atoms with Crippen LogP contribution >= 0.6 is 0 Å². The first-order chi connectivity index (χ1) is 8.26. The van der Waals surface area contributed by atoms with E-state index in [1.54, 1.807) is 24.5 Å². The van der Waals surface area contributed by atoms with Gasteiger partial charge in [-0.15, -0.1) is 0 Å². The lowest BCUT2D eigenvalue weighted by Gasteiger charge is -2.08. The van der Waals surface area contributed by atoms with E-state index in [1.165, 1.54) is 19.2 Å². The van der Waals surface area contributed by atoms with Gasteiger partial charge in [0.05, 0.1) is 18.7 Å². The van der Waals surface area contributed by atoms with E-state index in [0.717, 1.165) is 0 Å². The highest BCUT2D eigenvalue weighted by Gasteiger charge is 2.10. The van der Waals surface area contributed by atoms with Gasteiger partial charge in [-0.2, -0.15) is 5.26 Å². The van der Waals surface area contributed by atoms with Crippen molar-refractivity contribution in [3.63, 3.8) is 0 Å². The Morgan fingerprint density at radius 1 is 1.29 bits per heavy atom. The molecule has 84 valence electrons. The molecule has 1 aromatic carbocycles. The predicted octanol–water partition coefficient (Wildman–Crippen LogP) is 2.77. The standard InChI is InChI=1S/C13H9FN2O/c1-17-13-4-5-16-8-12(13)11-3-2-10(14)6-9(11)7-15/h2-6,8H,1H3. The molecule has 2 aromatic rings. The van der Waals surface area contributed by atoms with Crippen molar-refractivity contribution in [1.82, 2.24) is 4.98 Å². The Hall–Kier alpha value is -2.41. The van der Waals surface area contributed by atoms with Gasteiger partial charge in [-0.25, -0.2) is 4.39 Å². The molecule has 0 spiro atoms. The maximum atomic E-state index is 13.0. The van der Waals surface area contributed by atoms with Gasteiger partial charge in [0, 0.05) is 23.5 Å². The fraction of sp³-hybridized carbons (Fsp3) is 0.0769. The number of benzene rings is 1. The molecular formula is C13H9FN2O. The fourth-order valence-corrected chi connectivity index (χ4v) is 1.61. The van der Waals surface area contributed by atoms with Crippen LogP contribution in [0.3, 0.4) is 0 Å². The molecule has 1 aromatic heterocycles. The molecule has 1 heterocycles. The number of nitrogens with zero attached hydrogens (tertiary/aromatic N) is 2. The van der Waals surface area contributed by atoms with Crippen molar-refractivity contribution in [2.24, 2.45) is 0 Å². The molecule has 0 unspecified atom stereocenters. The van der Waals surface area contributed by atoms with Crippen molar-refractivity contribution in [2.45, 2.75) is 0 Å². The molecule has 0 aliphatic rings. The summed E-state index contributed by atoms with van der Waals surface area (Å²) in [5.41, 5.74) is 1.54. The minimum Gasteiger partial charge on any atom is -0.496 e. The number of hydrogen-bond acceptors (Lipinski definition) is 3. The lowest BCUT2D eigenvalue weighted by Crippen LogP contribution is -1.92. The van der Waals surface area contributed by atoms with Gasteiger partial charge < -0.3 is 4.74 Å². The first-order valence-corrected chi connectivity index (χ1v) is 4.94. The Morgan fingerprint density at radius 2 is 2.12 bits per heavy atom. The summed E-state index contributed by atoms with van der Waals surface area (Å²) in [7, 11) is 1.54. The van der Waals surface area contributed by atoms with Crippen molar-refractivity contribution in [2.75, 3.05) is 7.11 Å². The predicted molar refractivity (Wildman–Crippen MR) is 60.9 cm³/mol. The van der Waals surface area contributed by atoms with E-state index in [2.05, 4.69) is 4.98 Å². The van der Waals surface area contributed by atoms with Crippen molar-refractivity contribution in [1.29, 1.82) is 5.26 Å². The normalized spacial score (nSPS) is 9.71. The number of hydrogen-bond donors (Lipinski definition) is 0. The molecule has 0 amide bonds. The molecule has 0 radical (unpaired) electrons. The third-order valence-corrected chi connectivity index (χ3v) is 2.39. The van der Waals surface area contributed by atoms with Crippen LogP contribution in [0.4, 0.5) is 4.39 Å². The summed E-state index contributed by atoms with van der Waals surface area (Å²) in [6, 6.07) is 7.71. The Morgan fingerprint density at radius 3 is 2.82 bits per heavy atom. The summed E-state index contributed by atoms with van der Waals surface area (Å²) in [5.74, 6) is 0.163. The van der Waals surface area contributed by atoms with Gasteiger partial charge in [0.1, 0.15) is 11.6 Å². The number of pyridine rings is 1. The van der Waals surface area contributed by atoms with Crippen molar-refractivity contribution < 1.29 is 9.13 Å². The van der Waals surface area contributed by atoms with Crippen LogP contribution in [0, 0.1) is 17.1 Å². The highest BCUT2D eigenvalue weighted by molar-refractivity contribution is 5.74. The zero-order valence-corrected chi connectivity index (χ0v) is 9.14. The van der Waals surface area contributed by atoms with Gasteiger partial charge in [-0.3, -0.25) is 4.98 Å². The molecule has 17 heavy (non-hydrogen) atoms. The van der Waals surface area contributed by atoms with Gasteiger partial charge >= 0.3 is 0 Å². The summed E-state index contributed by atoms with van der Waals surface area (Å²) < 4.78 is 18.2. The number of ether oxygens (including phenoxy) is 1. The molecular weight excluding hydrogens is 219 g/mol. The molecule has 0 saturated carbocycles. The largest absolute Gasteiger partial charge is 0.496 e. The van der Waals surface area contributed by atoms with Crippen LogP contribution in [0.2, 0.25) is 0 Å². The van der Waals surface area contributed by atoms with E-state index in [9.17, 15) is 4.39 Å². The summed E-state index contributed by atoms with van der Waals surface area (Å²) in [4.78, 5) is 3.98. The van der Waals surface area contributed by atoms with Crippen LogP contribution in [0.1, 0.15) is 5.56 Å². The Kier molecular flexibility index (Phi) is 3.01. The molecule has 2 rings (SSSR count). The van der Waals surface area contributed by atoms with E-state index in [4.69, 9.17) is 10.00 Å². The maximum absolute atomic E-state index is 13.0. The average molecular weight is 228 g/mol. The maximum Gasteiger partial charge on any atom is 0.129 e. The topological polar surface area (TPSA) is 45.9 Å². The Labute approximate surface area is 98.1 Å². The zero-order chi connectivity index (χ0) is 12.3. The van der Waals surface area contributed by atoms with Crippen LogP contribution in [0.25, 0.3) is 11.1 Å². The summed E-state index contributed by atoms with van der Waals surface area (Å²) in [5, 5.41) is 8.99. The Balaban J connectivity index is 2.65. The van der Waals surface area contributed by atoms with Crippen LogP contribution in [0.15, 0.2) is 36.7 Å². The van der Waals surface area contributed by atoms with Gasteiger partial charge in [0.15, 0.2) is 0 Å². The number of rotatable bonds is 2. The minimum atomic E-state index is -0.437. The van der Waals surface area contributed by atoms with Crippen LogP contribution in [0.5, 0.6) is 5.75 Å². The van der Waals surface area contributed by atoms with E-state index in [1.807, 2.05) is 6.07 Å². The molecule has 0 fully saturated rings. The second-order valence-electron chi connectivity index (χ2n) is 3.38. The number of aromatic nitrogens is 1. The van der Waals surface area contributed by atoms with Gasteiger partial charge in [0.25, 0.3) is 0 Å². The van der Waals surface area contributed by atoms with Gasteiger partial charge in [0.2, 0.25) is 0 Å². The van der Waals surface area contributed by atoms with Crippen LogP contribution < -0.4 is 4.74 Å². The number of methoxy groups -OCH3 is 1. The molecule has 3 nitrogen and oxygen atoms in total. The van der Waals surface area contributed by atoms with Gasteiger partial charge in [-0.1, -0.05) is 0 Å². The van der Waals surface area contributed by atoms with Crippen LogP contribution in [-0.2, 0) is 0 Å². The van der Waals surface area contributed by atoms with Crippen molar-refractivity contribution >= 4 is 0 Å². The lowest BCUT2D eigenvalue weighted by molar-refractivity contribution is 0.416. The molecule has 0 aliphatic heterocycles.